The van der Waals surface area contributed by atoms with E-state index in [4.69, 9.17) is 4.42 Å². The molecule has 2 nitrogen and oxygen atoms in total. The fraction of sp³-hybridized carbons (Fsp3) is 0.0244. The first-order valence-corrected chi connectivity index (χ1v) is 14.9. The summed E-state index contributed by atoms with van der Waals surface area (Å²) in [5.41, 5.74) is 9.00. The van der Waals surface area contributed by atoms with Crippen LogP contribution in [-0.4, -0.2) is 4.57 Å². The zero-order valence-electron chi connectivity index (χ0n) is 23.6. The fourth-order valence-corrected chi connectivity index (χ4v) is 7.47. The zero-order valence-corrected chi connectivity index (χ0v) is 23.6. The lowest BCUT2D eigenvalue weighted by Crippen LogP contribution is -1.94. The van der Waals surface area contributed by atoms with Crippen LogP contribution in [0.3, 0.4) is 0 Å². The van der Waals surface area contributed by atoms with Gasteiger partial charge >= 0.3 is 0 Å². The van der Waals surface area contributed by atoms with Crippen molar-refractivity contribution in [3.8, 4) is 16.8 Å². The molecule has 200 valence electrons. The Hall–Kier alpha value is -5.60. The van der Waals surface area contributed by atoms with Crippen LogP contribution in [0.25, 0.3) is 92.9 Å². The van der Waals surface area contributed by atoms with Crippen LogP contribution in [0.2, 0.25) is 0 Å². The summed E-state index contributed by atoms with van der Waals surface area (Å²) in [6.07, 6.45) is 0. The Labute approximate surface area is 247 Å². The molecule has 0 aliphatic carbocycles. The van der Waals surface area contributed by atoms with Gasteiger partial charge in [0.1, 0.15) is 11.2 Å². The van der Waals surface area contributed by atoms with Crippen molar-refractivity contribution < 1.29 is 4.42 Å². The van der Waals surface area contributed by atoms with Crippen molar-refractivity contribution in [2.24, 2.45) is 0 Å². The van der Waals surface area contributed by atoms with Crippen molar-refractivity contribution in [2.45, 2.75) is 6.92 Å². The molecule has 2 heteroatoms. The highest BCUT2D eigenvalue weighted by molar-refractivity contribution is 6.33. The second-order valence-electron chi connectivity index (χ2n) is 11.8. The number of aromatic nitrogens is 1. The van der Waals surface area contributed by atoms with E-state index in [2.05, 4.69) is 133 Å². The third-order valence-corrected chi connectivity index (χ3v) is 9.37. The molecule has 0 saturated carbocycles. The van der Waals surface area contributed by atoms with Crippen molar-refractivity contribution in [3.05, 3.63) is 139 Å². The summed E-state index contributed by atoms with van der Waals surface area (Å²) in [5, 5.41) is 12.8. The Balaban J connectivity index is 1.24. The first-order valence-electron chi connectivity index (χ1n) is 14.9. The third kappa shape index (κ3) is 3.07. The van der Waals surface area contributed by atoms with Gasteiger partial charge in [0.15, 0.2) is 0 Å². The van der Waals surface area contributed by atoms with Crippen molar-refractivity contribution in [2.75, 3.05) is 0 Å². The molecule has 0 unspecified atom stereocenters. The lowest BCUT2D eigenvalue weighted by Gasteiger charge is -2.13. The van der Waals surface area contributed by atoms with E-state index in [1.165, 1.54) is 59.7 Å². The van der Waals surface area contributed by atoms with Crippen LogP contribution in [-0.2, 0) is 0 Å². The minimum absolute atomic E-state index is 0.923. The molecule has 0 aliphatic heterocycles. The molecule has 0 amide bonds. The van der Waals surface area contributed by atoms with E-state index in [0.717, 1.165) is 38.8 Å². The minimum atomic E-state index is 0.923. The minimum Gasteiger partial charge on any atom is -0.455 e. The molecule has 0 N–H and O–H groups in total. The number of hydrogen-bond donors (Lipinski definition) is 0. The molecule has 10 rings (SSSR count). The van der Waals surface area contributed by atoms with Crippen molar-refractivity contribution in [1.82, 2.24) is 4.57 Å². The molecule has 0 saturated heterocycles. The van der Waals surface area contributed by atoms with Gasteiger partial charge in [0.2, 0.25) is 0 Å². The van der Waals surface area contributed by atoms with Crippen LogP contribution >= 0.6 is 0 Å². The molecular formula is C41H25NO. The van der Waals surface area contributed by atoms with Gasteiger partial charge in [0.05, 0.1) is 11.0 Å². The Kier molecular flexibility index (Phi) is 4.41. The summed E-state index contributed by atoms with van der Waals surface area (Å²) in [7, 11) is 0. The summed E-state index contributed by atoms with van der Waals surface area (Å²) in [6.45, 7) is 2.19. The van der Waals surface area contributed by atoms with Gasteiger partial charge in [-0.15, -0.1) is 0 Å². The number of hydrogen-bond acceptors (Lipinski definition) is 1. The highest BCUT2D eigenvalue weighted by atomic mass is 16.3. The Morgan fingerprint density at radius 2 is 1.26 bits per heavy atom. The van der Waals surface area contributed by atoms with Gasteiger partial charge < -0.3 is 8.98 Å². The van der Waals surface area contributed by atoms with Crippen molar-refractivity contribution in [3.63, 3.8) is 0 Å². The van der Waals surface area contributed by atoms with E-state index < -0.39 is 0 Å². The van der Waals surface area contributed by atoms with E-state index in [9.17, 15) is 0 Å². The summed E-state index contributed by atoms with van der Waals surface area (Å²) in [6, 6.07) is 48.7. The van der Waals surface area contributed by atoms with Gasteiger partial charge in [-0.1, -0.05) is 103 Å². The highest BCUT2D eigenvalue weighted by Crippen LogP contribution is 2.43. The summed E-state index contributed by atoms with van der Waals surface area (Å²) < 4.78 is 8.79. The molecule has 0 atom stereocenters. The normalized spacial score (nSPS) is 12.3. The standard InChI is InChI=1S/C41H25NO/c1-24-12-21-35-34(22-24)40-33-20-17-27-7-4-6-26-13-14-28(39(33)38(26)27)23-36(40)42(35)29-18-15-25(16-19-29)30-9-5-10-32-31-8-2-3-11-37(31)43-41(30)32/h2-23H,1H3. The molecule has 10 aromatic rings. The van der Waals surface area contributed by atoms with Gasteiger partial charge in [-0.2, -0.15) is 0 Å². The average Bonchev–Trinajstić information content (AvgIpc) is 3.59. The number of benzene rings is 8. The first kappa shape index (κ1) is 23.0. The lowest BCUT2D eigenvalue weighted by atomic mass is 9.92. The van der Waals surface area contributed by atoms with E-state index in [1.54, 1.807) is 0 Å². The van der Waals surface area contributed by atoms with Gasteiger partial charge in [0.25, 0.3) is 0 Å². The second kappa shape index (κ2) is 8.24. The lowest BCUT2D eigenvalue weighted by molar-refractivity contribution is 0.670. The molecule has 0 bridgehead atoms. The van der Waals surface area contributed by atoms with Crippen molar-refractivity contribution in [1.29, 1.82) is 0 Å². The predicted octanol–water partition coefficient (Wildman–Crippen LogP) is 11.6. The SMILES string of the molecule is Cc1ccc2c(c1)c1c3ccc4cccc5ccc(cc1n2-c1ccc(-c2cccc6c2oc2ccccc26)cc1)c3c54. The molecule has 0 spiro atoms. The van der Waals surface area contributed by atoms with E-state index in [1.807, 2.05) is 12.1 Å². The summed E-state index contributed by atoms with van der Waals surface area (Å²) in [4.78, 5) is 0. The van der Waals surface area contributed by atoms with Crippen LogP contribution in [0.1, 0.15) is 5.56 Å². The highest BCUT2D eigenvalue weighted by Gasteiger charge is 2.19. The average molecular weight is 548 g/mol. The van der Waals surface area contributed by atoms with Gasteiger partial charge in [0, 0.05) is 32.8 Å². The molecule has 0 radical (unpaired) electrons. The number of furan rings is 1. The van der Waals surface area contributed by atoms with Crippen LogP contribution in [0.5, 0.6) is 0 Å². The molecule has 0 fully saturated rings. The smallest absolute Gasteiger partial charge is 0.143 e. The monoisotopic (exact) mass is 547 g/mol. The van der Waals surface area contributed by atoms with Gasteiger partial charge in [-0.3, -0.25) is 0 Å². The summed E-state index contributed by atoms with van der Waals surface area (Å²) >= 11 is 0. The van der Waals surface area contributed by atoms with Crippen LogP contribution < -0.4 is 0 Å². The Morgan fingerprint density at radius 1 is 0.488 bits per heavy atom. The fourth-order valence-electron chi connectivity index (χ4n) is 7.47. The Morgan fingerprint density at radius 3 is 2.14 bits per heavy atom. The number of fused-ring (bicyclic) bond motifs is 7. The van der Waals surface area contributed by atoms with Crippen LogP contribution in [0.15, 0.2) is 138 Å². The molecule has 2 aromatic heterocycles. The Bertz CT molecular complexity index is 2710. The maximum atomic E-state index is 6.36. The number of rotatable bonds is 2. The topological polar surface area (TPSA) is 18.1 Å². The largest absolute Gasteiger partial charge is 0.455 e. The number of aryl methyl sites for hydroxylation is 1. The van der Waals surface area contributed by atoms with Crippen LogP contribution in [0.4, 0.5) is 0 Å². The number of nitrogens with zero attached hydrogens (tertiary/aromatic N) is 1. The van der Waals surface area contributed by atoms with E-state index in [0.29, 0.717) is 0 Å². The van der Waals surface area contributed by atoms with Gasteiger partial charge in [-0.05, 0) is 81.2 Å². The molecular weight excluding hydrogens is 522 g/mol. The van der Waals surface area contributed by atoms with E-state index >= 15 is 0 Å². The predicted molar refractivity (Wildman–Crippen MR) is 182 cm³/mol. The first-order chi connectivity index (χ1) is 21.2. The maximum Gasteiger partial charge on any atom is 0.143 e. The van der Waals surface area contributed by atoms with Crippen LogP contribution in [0, 0.1) is 6.92 Å². The quantitative estimate of drug-likeness (QED) is 0.197. The van der Waals surface area contributed by atoms with Crippen molar-refractivity contribution >= 4 is 76.1 Å². The molecule has 0 aliphatic rings. The zero-order chi connectivity index (χ0) is 28.2. The third-order valence-electron chi connectivity index (χ3n) is 9.37. The maximum absolute atomic E-state index is 6.36. The number of para-hydroxylation sites is 2. The molecule has 8 aromatic carbocycles. The van der Waals surface area contributed by atoms with E-state index in [-0.39, 0.29) is 0 Å². The molecule has 2 heterocycles. The summed E-state index contributed by atoms with van der Waals surface area (Å²) in [5.74, 6) is 0. The molecule has 43 heavy (non-hydrogen) atoms. The second-order valence-corrected chi connectivity index (χ2v) is 11.8. The van der Waals surface area contributed by atoms with Gasteiger partial charge in [-0.25, -0.2) is 0 Å².